The topological polar surface area (TPSA) is 61.0 Å². The number of furan rings is 1. The van der Waals surface area contributed by atoms with Gasteiger partial charge >= 0.3 is 0 Å². The number of nitrogens with zero attached hydrogens (tertiary/aromatic N) is 2. The summed E-state index contributed by atoms with van der Waals surface area (Å²) in [5, 5.41) is 13.7. The predicted molar refractivity (Wildman–Crippen MR) is 92.5 cm³/mol. The number of benzene rings is 1. The first kappa shape index (κ1) is 16.8. The van der Waals surface area contributed by atoms with Crippen LogP contribution in [-0.2, 0) is 6.54 Å². The Morgan fingerprint density at radius 2 is 2.17 bits per heavy atom. The summed E-state index contributed by atoms with van der Waals surface area (Å²) >= 11 is 0. The SMILES string of the molecule is CCNC(=NCc1oc2ccc(F)cc2c1C)N1CCC(O)CC1. The van der Waals surface area contributed by atoms with Gasteiger partial charge in [0.05, 0.1) is 6.10 Å². The monoisotopic (exact) mass is 333 g/mol. The number of fused-ring (bicyclic) bond motifs is 1. The summed E-state index contributed by atoms with van der Waals surface area (Å²) < 4.78 is 19.2. The van der Waals surface area contributed by atoms with Crippen molar-refractivity contribution in [1.82, 2.24) is 10.2 Å². The Kier molecular flexibility index (Phi) is 5.04. The van der Waals surface area contributed by atoms with Crippen molar-refractivity contribution in [1.29, 1.82) is 0 Å². The van der Waals surface area contributed by atoms with Crippen LogP contribution in [0.3, 0.4) is 0 Å². The zero-order valence-electron chi connectivity index (χ0n) is 14.2. The average molecular weight is 333 g/mol. The maximum Gasteiger partial charge on any atom is 0.194 e. The molecular formula is C18H24FN3O2. The van der Waals surface area contributed by atoms with E-state index in [-0.39, 0.29) is 11.9 Å². The lowest BCUT2D eigenvalue weighted by Crippen LogP contribution is -2.46. The Labute approximate surface area is 141 Å². The minimum Gasteiger partial charge on any atom is -0.459 e. The summed E-state index contributed by atoms with van der Waals surface area (Å²) in [6.07, 6.45) is 1.30. The number of aliphatic hydroxyl groups is 1. The molecule has 6 heteroatoms. The van der Waals surface area contributed by atoms with Crippen LogP contribution in [0, 0.1) is 12.7 Å². The van der Waals surface area contributed by atoms with Crippen molar-refractivity contribution in [3.8, 4) is 0 Å². The maximum atomic E-state index is 13.4. The van der Waals surface area contributed by atoms with Crippen LogP contribution in [0.15, 0.2) is 27.6 Å². The normalized spacial score (nSPS) is 16.8. The number of piperidine rings is 1. The smallest absolute Gasteiger partial charge is 0.194 e. The predicted octanol–water partition coefficient (Wildman–Crippen LogP) is 2.80. The second-order valence-corrected chi connectivity index (χ2v) is 6.18. The molecule has 1 aliphatic heterocycles. The lowest BCUT2D eigenvalue weighted by atomic mass is 10.1. The van der Waals surface area contributed by atoms with Crippen LogP contribution >= 0.6 is 0 Å². The van der Waals surface area contributed by atoms with Gasteiger partial charge in [-0.3, -0.25) is 0 Å². The summed E-state index contributed by atoms with van der Waals surface area (Å²) in [6.45, 7) is 6.73. The van der Waals surface area contributed by atoms with Gasteiger partial charge in [0.1, 0.15) is 23.7 Å². The quantitative estimate of drug-likeness (QED) is 0.670. The van der Waals surface area contributed by atoms with Gasteiger partial charge in [0, 0.05) is 30.6 Å². The van der Waals surface area contributed by atoms with Crippen LogP contribution in [0.2, 0.25) is 0 Å². The molecule has 0 unspecified atom stereocenters. The van der Waals surface area contributed by atoms with E-state index in [1.807, 2.05) is 13.8 Å². The fourth-order valence-corrected chi connectivity index (χ4v) is 3.04. The molecule has 0 spiro atoms. The molecule has 1 fully saturated rings. The Bertz CT molecular complexity index is 733. The largest absolute Gasteiger partial charge is 0.459 e. The van der Waals surface area contributed by atoms with Crippen LogP contribution in [0.5, 0.6) is 0 Å². The molecule has 0 atom stereocenters. The van der Waals surface area contributed by atoms with Gasteiger partial charge in [0.2, 0.25) is 0 Å². The van der Waals surface area contributed by atoms with Crippen molar-refractivity contribution in [3.63, 3.8) is 0 Å². The molecule has 2 N–H and O–H groups in total. The van der Waals surface area contributed by atoms with Gasteiger partial charge in [0.15, 0.2) is 5.96 Å². The standard InChI is InChI=1S/C18H24FN3O2/c1-3-20-18(22-8-6-14(23)7-9-22)21-11-17-12(2)15-10-13(19)4-5-16(15)24-17/h4-5,10,14,23H,3,6-9,11H2,1-2H3,(H,20,21). The number of aryl methyl sites for hydroxylation is 1. The molecule has 130 valence electrons. The van der Waals surface area contributed by atoms with Crippen LogP contribution in [0.1, 0.15) is 31.1 Å². The fraction of sp³-hybridized carbons (Fsp3) is 0.500. The molecule has 0 aliphatic carbocycles. The van der Waals surface area contributed by atoms with Gasteiger partial charge in [-0.1, -0.05) is 0 Å². The minimum absolute atomic E-state index is 0.211. The van der Waals surface area contributed by atoms with Crippen molar-refractivity contribution in [2.24, 2.45) is 4.99 Å². The number of halogens is 1. The molecule has 0 bridgehead atoms. The number of likely N-dealkylation sites (tertiary alicyclic amines) is 1. The first-order valence-electron chi connectivity index (χ1n) is 8.47. The van der Waals surface area contributed by atoms with Gasteiger partial charge in [-0.15, -0.1) is 0 Å². The molecule has 0 amide bonds. The summed E-state index contributed by atoms with van der Waals surface area (Å²) in [4.78, 5) is 6.83. The first-order chi connectivity index (χ1) is 11.6. The summed E-state index contributed by atoms with van der Waals surface area (Å²) in [5.41, 5.74) is 1.61. The second-order valence-electron chi connectivity index (χ2n) is 6.18. The summed E-state index contributed by atoms with van der Waals surface area (Å²) in [7, 11) is 0. The molecule has 1 saturated heterocycles. The molecule has 2 aromatic rings. The number of aliphatic hydroxyl groups excluding tert-OH is 1. The Morgan fingerprint density at radius 1 is 1.42 bits per heavy atom. The van der Waals surface area contributed by atoms with E-state index in [0.717, 1.165) is 55.1 Å². The fourth-order valence-electron chi connectivity index (χ4n) is 3.04. The first-order valence-corrected chi connectivity index (χ1v) is 8.47. The van der Waals surface area contributed by atoms with E-state index in [4.69, 9.17) is 4.42 Å². The lowest BCUT2D eigenvalue weighted by molar-refractivity contribution is 0.108. The molecule has 2 heterocycles. The van der Waals surface area contributed by atoms with Crippen molar-refractivity contribution in [3.05, 3.63) is 35.3 Å². The molecular weight excluding hydrogens is 309 g/mol. The minimum atomic E-state index is -0.262. The highest BCUT2D eigenvalue weighted by Gasteiger charge is 2.20. The summed E-state index contributed by atoms with van der Waals surface area (Å²) in [5.74, 6) is 1.32. The Balaban J connectivity index is 1.80. The van der Waals surface area contributed by atoms with Crippen LogP contribution in [0.25, 0.3) is 11.0 Å². The third-order valence-corrected chi connectivity index (χ3v) is 4.47. The zero-order valence-corrected chi connectivity index (χ0v) is 14.2. The Hall–Kier alpha value is -2.08. The zero-order chi connectivity index (χ0) is 17.1. The van der Waals surface area contributed by atoms with E-state index >= 15 is 0 Å². The molecule has 5 nitrogen and oxygen atoms in total. The van der Waals surface area contributed by atoms with Crippen molar-refractivity contribution in [2.75, 3.05) is 19.6 Å². The number of hydrogen-bond acceptors (Lipinski definition) is 3. The van der Waals surface area contributed by atoms with E-state index in [1.165, 1.54) is 12.1 Å². The molecule has 1 aromatic heterocycles. The van der Waals surface area contributed by atoms with E-state index < -0.39 is 0 Å². The highest BCUT2D eigenvalue weighted by atomic mass is 19.1. The molecule has 1 aliphatic rings. The molecule has 0 saturated carbocycles. The molecule has 1 aromatic carbocycles. The van der Waals surface area contributed by atoms with Crippen LogP contribution < -0.4 is 5.32 Å². The van der Waals surface area contributed by atoms with Crippen molar-refractivity contribution >= 4 is 16.9 Å². The van der Waals surface area contributed by atoms with Gasteiger partial charge in [-0.25, -0.2) is 9.38 Å². The number of rotatable bonds is 3. The van der Waals surface area contributed by atoms with E-state index in [2.05, 4.69) is 15.2 Å². The maximum absolute atomic E-state index is 13.4. The third-order valence-electron chi connectivity index (χ3n) is 4.47. The number of nitrogens with one attached hydrogen (secondary N) is 1. The highest BCUT2D eigenvalue weighted by molar-refractivity contribution is 5.82. The third kappa shape index (κ3) is 3.53. The molecule has 24 heavy (non-hydrogen) atoms. The van der Waals surface area contributed by atoms with Crippen LogP contribution in [-0.4, -0.2) is 41.7 Å². The lowest BCUT2D eigenvalue weighted by Gasteiger charge is -2.32. The van der Waals surface area contributed by atoms with E-state index in [1.54, 1.807) is 6.07 Å². The van der Waals surface area contributed by atoms with E-state index in [9.17, 15) is 9.50 Å². The van der Waals surface area contributed by atoms with Gasteiger partial charge in [-0.05, 0) is 44.9 Å². The molecule has 0 radical (unpaired) electrons. The average Bonchev–Trinajstić information content (AvgIpc) is 2.88. The van der Waals surface area contributed by atoms with Crippen molar-refractivity contribution in [2.45, 2.75) is 39.3 Å². The Morgan fingerprint density at radius 3 is 2.88 bits per heavy atom. The molecule has 3 rings (SSSR count). The second kappa shape index (κ2) is 7.21. The van der Waals surface area contributed by atoms with Crippen molar-refractivity contribution < 1.29 is 13.9 Å². The number of aliphatic imine (C=N–C) groups is 1. The van der Waals surface area contributed by atoms with Gasteiger partial charge < -0.3 is 19.7 Å². The van der Waals surface area contributed by atoms with Gasteiger partial charge in [0.25, 0.3) is 0 Å². The van der Waals surface area contributed by atoms with E-state index in [0.29, 0.717) is 12.1 Å². The number of guanidine groups is 1. The van der Waals surface area contributed by atoms with Crippen LogP contribution in [0.4, 0.5) is 4.39 Å². The van der Waals surface area contributed by atoms with Gasteiger partial charge in [-0.2, -0.15) is 0 Å². The highest BCUT2D eigenvalue weighted by Crippen LogP contribution is 2.26. The number of hydrogen-bond donors (Lipinski definition) is 2. The summed E-state index contributed by atoms with van der Waals surface area (Å²) in [6, 6.07) is 4.56.